The van der Waals surface area contributed by atoms with E-state index in [0.29, 0.717) is 45.3 Å². The summed E-state index contributed by atoms with van der Waals surface area (Å²) >= 11 is 6.66. The molecule has 0 atom stereocenters. The molecule has 4 heterocycles. The first-order chi connectivity index (χ1) is 16.9. The molecule has 9 nitrogen and oxygen atoms in total. The largest absolute Gasteiger partial charge is 0.454 e. The van der Waals surface area contributed by atoms with Crippen molar-refractivity contribution in [2.45, 2.75) is 13.5 Å². The molecule has 0 aliphatic carbocycles. The van der Waals surface area contributed by atoms with Crippen molar-refractivity contribution in [3.63, 3.8) is 0 Å². The van der Waals surface area contributed by atoms with E-state index in [9.17, 15) is 9.59 Å². The number of benzene rings is 1. The van der Waals surface area contributed by atoms with Crippen molar-refractivity contribution >= 4 is 51.7 Å². The highest BCUT2D eigenvalue weighted by atomic mass is 32.2. The molecule has 2 aliphatic rings. The van der Waals surface area contributed by atoms with E-state index in [-0.39, 0.29) is 30.4 Å². The zero-order valence-electron chi connectivity index (χ0n) is 19.1. The number of ether oxygens (including phenoxy) is 3. The van der Waals surface area contributed by atoms with E-state index < -0.39 is 0 Å². The van der Waals surface area contributed by atoms with Crippen molar-refractivity contribution in [2.24, 2.45) is 0 Å². The Bertz CT molecular complexity index is 1440. The summed E-state index contributed by atoms with van der Waals surface area (Å²) in [6.07, 6.45) is 3.30. The van der Waals surface area contributed by atoms with Crippen molar-refractivity contribution in [1.29, 1.82) is 0 Å². The molecule has 1 aromatic carbocycles. The molecule has 0 bridgehead atoms. The highest BCUT2D eigenvalue weighted by Gasteiger charge is 2.33. The van der Waals surface area contributed by atoms with Crippen LogP contribution >= 0.6 is 24.0 Å². The number of thioether (sulfide) groups is 1. The van der Waals surface area contributed by atoms with Crippen LogP contribution in [0, 0.1) is 6.92 Å². The molecule has 0 saturated carbocycles. The van der Waals surface area contributed by atoms with Crippen molar-refractivity contribution in [3.05, 3.63) is 68.5 Å². The van der Waals surface area contributed by atoms with Crippen LogP contribution in [0.5, 0.6) is 11.5 Å². The molecule has 1 fully saturated rings. The van der Waals surface area contributed by atoms with E-state index in [4.69, 9.17) is 26.4 Å². The smallest absolute Gasteiger partial charge is 0.267 e. The number of carbonyl (C=O) groups is 1. The minimum Gasteiger partial charge on any atom is -0.454 e. The van der Waals surface area contributed by atoms with Crippen LogP contribution in [0.4, 0.5) is 5.82 Å². The number of anilines is 1. The fourth-order valence-corrected chi connectivity index (χ4v) is 5.02. The average molecular weight is 511 g/mol. The number of aryl methyl sites for hydroxylation is 1. The van der Waals surface area contributed by atoms with Crippen LogP contribution < -0.4 is 20.3 Å². The lowest BCUT2D eigenvalue weighted by Gasteiger charge is -2.15. The highest BCUT2D eigenvalue weighted by molar-refractivity contribution is 8.26. The van der Waals surface area contributed by atoms with Gasteiger partial charge in [0.25, 0.3) is 11.5 Å². The summed E-state index contributed by atoms with van der Waals surface area (Å²) in [4.78, 5) is 33.2. The zero-order valence-corrected chi connectivity index (χ0v) is 20.7. The molecule has 2 aromatic heterocycles. The monoisotopic (exact) mass is 510 g/mol. The Hall–Kier alpha value is -3.41. The number of nitrogens with zero attached hydrogens (tertiary/aromatic N) is 3. The summed E-state index contributed by atoms with van der Waals surface area (Å²) in [5.41, 5.74) is 2.29. The number of methoxy groups -OCH3 is 1. The highest BCUT2D eigenvalue weighted by Crippen LogP contribution is 2.36. The van der Waals surface area contributed by atoms with Gasteiger partial charge in [-0.2, -0.15) is 0 Å². The molecule has 1 N–H and O–H groups in total. The van der Waals surface area contributed by atoms with E-state index in [1.807, 2.05) is 31.2 Å². The minimum atomic E-state index is -0.278. The summed E-state index contributed by atoms with van der Waals surface area (Å²) in [5.74, 6) is 1.43. The predicted octanol–water partition coefficient (Wildman–Crippen LogP) is 3.19. The fourth-order valence-electron chi connectivity index (χ4n) is 3.78. The maximum absolute atomic E-state index is 13.4. The standard InChI is InChI=1S/C24H22N4O5S2/c1-14-3-6-20-26-21(25-7-8-31-2)16(22(29)27(20)11-14)10-19-23(30)28(24(34)35-19)12-15-4-5-17-18(9-15)33-13-32-17/h3-6,9-11,25H,7-8,12-13H2,1-2H3/b19-10+. The molecule has 3 aromatic rings. The Morgan fingerprint density at radius 3 is 2.89 bits per heavy atom. The second-order valence-corrected chi connectivity index (χ2v) is 9.66. The Morgan fingerprint density at radius 1 is 1.23 bits per heavy atom. The van der Waals surface area contributed by atoms with Crippen LogP contribution in [0.1, 0.15) is 16.7 Å². The van der Waals surface area contributed by atoms with Gasteiger partial charge in [-0.3, -0.25) is 18.9 Å². The van der Waals surface area contributed by atoms with Gasteiger partial charge in [0.15, 0.2) is 11.5 Å². The lowest BCUT2D eigenvalue weighted by Crippen LogP contribution is -2.27. The number of aromatic nitrogens is 2. The number of rotatable bonds is 7. The molecule has 5 rings (SSSR count). The summed E-state index contributed by atoms with van der Waals surface area (Å²) in [7, 11) is 1.60. The van der Waals surface area contributed by atoms with E-state index >= 15 is 0 Å². The van der Waals surface area contributed by atoms with Crippen molar-refractivity contribution in [1.82, 2.24) is 14.3 Å². The third kappa shape index (κ3) is 4.62. The van der Waals surface area contributed by atoms with Gasteiger partial charge in [-0.15, -0.1) is 0 Å². The predicted molar refractivity (Wildman–Crippen MR) is 138 cm³/mol. The average Bonchev–Trinajstić information content (AvgIpc) is 3.41. The van der Waals surface area contributed by atoms with E-state index in [0.717, 1.165) is 22.9 Å². The number of amides is 1. The molecule has 2 aliphatic heterocycles. The van der Waals surface area contributed by atoms with Crippen LogP contribution in [-0.2, 0) is 16.1 Å². The lowest BCUT2D eigenvalue weighted by atomic mass is 10.2. The Kier molecular flexibility index (Phi) is 6.46. The molecule has 35 heavy (non-hydrogen) atoms. The van der Waals surface area contributed by atoms with Crippen molar-refractivity contribution in [3.8, 4) is 11.5 Å². The molecule has 0 radical (unpaired) electrons. The number of pyridine rings is 1. The van der Waals surface area contributed by atoms with Gasteiger partial charge in [0.2, 0.25) is 6.79 Å². The van der Waals surface area contributed by atoms with Crippen LogP contribution in [0.2, 0.25) is 0 Å². The second-order valence-electron chi connectivity index (χ2n) is 7.99. The maximum Gasteiger partial charge on any atom is 0.267 e. The number of nitrogens with one attached hydrogen (secondary N) is 1. The quantitative estimate of drug-likeness (QED) is 0.292. The van der Waals surface area contributed by atoms with Gasteiger partial charge in [-0.25, -0.2) is 4.98 Å². The number of carbonyl (C=O) groups excluding carboxylic acids is 1. The SMILES string of the molecule is COCCNc1nc2ccc(C)cn2c(=O)c1/C=C1/SC(=S)N(Cc2ccc3c(c2)OCO3)C1=O. The molecule has 11 heteroatoms. The van der Waals surface area contributed by atoms with E-state index in [2.05, 4.69) is 10.3 Å². The van der Waals surface area contributed by atoms with Gasteiger partial charge >= 0.3 is 0 Å². The van der Waals surface area contributed by atoms with Gasteiger partial charge < -0.3 is 19.5 Å². The molecular formula is C24H22N4O5S2. The Labute approximate surface area is 210 Å². The molecule has 1 amide bonds. The van der Waals surface area contributed by atoms with Crippen LogP contribution in [0.3, 0.4) is 0 Å². The second kappa shape index (κ2) is 9.68. The van der Waals surface area contributed by atoms with E-state index in [1.165, 1.54) is 9.30 Å². The molecule has 1 saturated heterocycles. The summed E-state index contributed by atoms with van der Waals surface area (Å²) < 4.78 is 17.8. The van der Waals surface area contributed by atoms with Gasteiger partial charge in [-0.1, -0.05) is 36.1 Å². The van der Waals surface area contributed by atoms with Gasteiger partial charge in [-0.05, 0) is 42.3 Å². The maximum atomic E-state index is 13.4. The Morgan fingerprint density at radius 2 is 2.06 bits per heavy atom. The van der Waals surface area contributed by atoms with Gasteiger partial charge in [0, 0.05) is 19.9 Å². The third-order valence-corrected chi connectivity index (χ3v) is 6.91. The van der Waals surface area contributed by atoms with Crippen LogP contribution in [0.25, 0.3) is 11.7 Å². The normalized spacial score (nSPS) is 16.1. The minimum absolute atomic E-state index is 0.179. The molecular weight excluding hydrogens is 488 g/mol. The molecule has 0 spiro atoms. The number of hydrogen-bond donors (Lipinski definition) is 1. The number of hydrogen-bond acceptors (Lipinski definition) is 9. The van der Waals surface area contributed by atoms with Crippen molar-refractivity contribution < 1.29 is 19.0 Å². The first kappa shape index (κ1) is 23.3. The first-order valence-electron chi connectivity index (χ1n) is 10.8. The zero-order chi connectivity index (χ0) is 24.5. The first-order valence-corrected chi connectivity index (χ1v) is 12.1. The number of fused-ring (bicyclic) bond motifs is 2. The fraction of sp³-hybridized carbons (Fsp3) is 0.250. The lowest BCUT2D eigenvalue weighted by molar-refractivity contribution is -0.122. The topological polar surface area (TPSA) is 94.4 Å². The van der Waals surface area contributed by atoms with Crippen LogP contribution in [0.15, 0.2) is 46.2 Å². The molecule has 180 valence electrons. The third-order valence-electron chi connectivity index (χ3n) is 5.53. The van der Waals surface area contributed by atoms with Gasteiger partial charge in [0.05, 0.1) is 23.6 Å². The van der Waals surface area contributed by atoms with Gasteiger partial charge in [0.1, 0.15) is 15.8 Å². The summed E-state index contributed by atoms with van der Waals surface area (Å²) in [5, 5.41) is 3.15. The Balaban J connectivity index is 1.48. The van der Waals surface area contributed by atoms with Crippen LogP contribution in [-0.4, -0.2) is 51.6 Å². The number of thiocarbonyl (C=S) groups is 1. The summed E-state index contributed by atoms with van der Waals surface area (Å²) in [6, 6.07) is 9.20. The molecule has 0 unspecified atom stereocenters. The van der Waals surface area contributed by atoms with E-state index in [1.54, 1.807) is 25.4 Å². The summed E-state index contributed by atoms with van der Waals surface area (Å²) in [6.45, 7) is 3.25. The van der Waals surface area contributed by atoms with Crippen molar-refractivity contribution in [2.75, 3.05) is 32.4 Å².